The molecule has 0 saturated heterocycles. The minimum absolute atomic E-state index is 0.0588. The molecule has 0 amide bonds. The van der Waals surface area contributed by atoms with Crippen molar-refractivity contribution in [3.05, 3.63) is 35.9 Å². The fraction of sp³-hybridized carbons (Fsp3) is 0.588. The van der Waals surface area contributed by atoms with Gasteiger partial charge < -0.3 is 9.47 Å². The molecular weight excluding hydrogens is 266 g/mol. The summed E-state index contributed by atoms with van der Waals surface area (Å²) in [6, 6.07) is 10.1. The third-order valence-electron chi connectivity index (χ3n) is 3.55. The van der Waals surface area contributed by atoms with Gasteiger partial charge in [0.2, 0.25) is 0 Å². The van der Waals surface area contributed by atoms with Gasteiger partial charge in [0, 0.05) is 6.04 Å². The largest absolute Gasteiger partial charge is 0.464 e. The maximum absolute atomic E-state index is 12.7. The minimum Gasteiger partial charge on any atom is -0.464 e. The monoisotopic (exact) mass is 291 g/mol. The van der Waals surface area contributed by atoms with E-state index in [0.717, 1.165) is 18.4 Å². The number of carbonyl (C=O) groups excluding carboxylic acids is 1. The van der Waals surface area contributed by atoms with Crippen LogP contribution in [-0.4, -0.2) is 31.3 Å². The van der Waals surface area contributed by atoms with Crippen molar-refractivity contribution in [2.45, 2.75) is 51.3 Å². The topological polar surface area (TPSA) is 47.6 Å². The van der Waals surface area contributed by atoms with Crippen LogP contribution in [0.25, 0.3) is 0 Å². The SMILES string of the molecule is CCOC(=O)C(COC(C)C)(NC1CC1)c1ccccc1. The zero-order valence-corrected chi connectivity index (χ0v) is 13.1. The molecule has 4 heteroatoms. The second kappa shape index (κ2) is 7.05. The average molecular weight is 291 g/mol. The van der Waals surface area contributed by atoms with Crippen molar-refractivity contribution in [3.63, 3.8) is 0 Å². The standard InChI is InChI=1S/C17H25NO3/c1-4-20-16(19)17(12-21-13(2)3,18-15-10-11-15)14-8-6-5-7-9-14/h5-9,13,15,18H,4,10-12H2,1-3H3. The lowest BCUT2D eigenvalue weighted by molar-refractivity contribution is -0.156. The highest BCUT2D eigenvalue weighted by atomic mass is 16.5. The zero-order chi connectivity index (χ0) is 15.3. The Labute approximate surface area is 126 Å². The number of nitrogens with one attached hydrogen (secondary N) is 1. The van der Waals surface area contributed by atoms with E-state index in [-0.39, 0.29) is 18.7 Å². The Balaban J connectivity index is 2.33. The highest BCUT2D eigenvalue weighted by Crippen LogP contribution is 2.30. The van der Waals surface area contributed by atoms with Gasteiger partial charge in [0.15, 0.2) is 5.54 Å². The molecule has 1 aromatic rings. The zero-order valence-electron chi connectivity index (χ0n) is 13.1. The van der Waals surface area contributed by atoms with Gasteiger partial charge in [0.05, 0.1) is 19.3 Å². The Morgan fingerprint density at radius 2 is 2.00 bits per heavy atom. The highest BCUT2D eigenvalue weighted by Gasteiger charge is 2.45. The number of hydrogen-bond donors (Lipinski definition) is 1. The first kappa shape index (κ1) is 16.0. The third-order valence-corrected chi connectivity index (χ3v) is 3.55. The van der Waals surface area contributed by atoms with E-state index in [1.807, 2.05) is 51.1 Å². The first-order valence-electron chi connectivity index (χ1n) is 7.70. The van der Waals surface area contributed by atoms with Gasteiger partial charge in [0.25, 0.3) is 0 Å². The van der Waals surface area contributed by atoms with E-state index in [2.05, 4.69) is 5.32 Å². The Hall–Kier alpha value is -1.39. The summed E-state index contributed by atoms with van der Waals surface area (Å²) in [6.45, 7) is 6.41. The second-order valence-corrected chi connectivity index (χ2v) is 5.77. The molecule has 1 unspecified atom stereocenters. The molecule has 1 saturated carbocycles. The molecule has 1 fully saturated rings. The van der Waals surface area contributed by atoms with Gasteiger partial charge >= 0.3 is 5.97 Å². The summed E-state index contributed by atoms with van der Waals surface area (Å²) in [5.41, 5.74) is -0.0149. The van der Waals surface area contributed by atoms with E-state index in [1.54, 1.807) is 0 Å². The van der Waals surface area contributed by atoms with Crippen molar-refractivity contribution in [1.82, 2.24) is 5.32 Å². The summed E-state index contributed by atoms with van der Waals surface area (Å²) < 4.78 is 11.1. The molecule has 1 aliphatic carbocycles. The third kappa shape index (κ3) is 4.05. The van der Waals surface area contributed by atoms with E-state index in [0.29, 0.717) is 12.6 Å². The predicted octanol–water partition coefficient (Wildman–Crippen LogP) is 2.62. The number of ether oxygens (including phenoxy) is 2. The number of carbonyl (C=O) groups is 1. The molecule has 1 atom stereocenters. The molecule has 0 bridgehead atoms. The molecule has 4 nitrogen and oxygen atoms in total. The number of benzene rings is 1. The summed E-state index contributed by atoms with van der Waals surface area (Å²) >= 11 is 0. The lowest BCUT2D eigenvalue weighted by atomic mass is 9.90. The Morgan fingerprint density at radius 1 is 1.33 bits per heavy atom. The fourth-order valence-corrected chi connectivity index (χ4v) is 2.29. The lowest BCUT2D eigenvalue weighted by Crippen LogP contribution is -2.54. The van der Waals surface area contributed by atoms with Crippen molar-refractivity contribution in [3.8, 4) is 0 Å². The Morgan fingerprint density at radius 3 is 2.52 bits per heavy atom. The van der Waals surface area contributed by atoms with Gasteiger partial charge in [-0.25, -0.2) is 4.79 Å². The smallest absolute Gasteiger partial charge is 0.333 e. The number of hydrogen-bond acceptors (Lipinski definition) is 4. The highest BCUT2D eigenvalue weighted by molar-refractivity contribution is 5.83. The molecule has 1 aliphatic rings. The van der Waals surface area contributed by atoms with Gasteiger partial charge in [-0.2, -0.15) is 0 Å². The van der Waals surface area contributed by atoms with Crippen molar-refractivity contribution < 1.29 is 14.3 Å². The van der Waals surface area contributed by atoms with Gasteiger partial charge in [-0.1, -0.05) is 30.3 Å². The number of esters is 1. The minimum atomic E-state index is -0.914. The van der Waals surface area contributed by atoms with Crippen molar-refractivity contribution in [2.75, 3.05) is 13.2 Å². The molecule has 2 rings (SSSR count). The van der Waals surface area contributed by atoms with E-state index in [9.17, 15) is 4.79 Å². The quantitative estimate of drug-likeness (QED) is 0.748. The molecule has 1 aromatic carbocycles. The molecule has 1 N–H and O–H groups in total. The lowest BCUT2D eigenvalue weighted by Gasteiger charge is -2.33. The van der Waals surface area contributed by atoms with Gasteiger partial charge in [-0.15, -0.1) is 0 Å². The van der Waals surface area contributed by atoms with Crippen LogP contribution in [0.5, 0.6) is 0 Å². The summed E-state index contributed by atoms with van der Waals surface area (Å²) in [4.78, 5) is 12.7. The molecule has 0 radical (unpaired) electrons. The molecule has 116 valence electrons. The summed E-state index contributed by atoms with van der Waals surface area (Å²) in [7, 11) is 0. The molecular formula is C17H25NO3. The second-order valence-electron chi connectivity index (χ2n) is 5.77. The van der Waals surface area contributed by atoms with E-state index in [4.69, 9.17) is 9.47 Å². The van der Waals surface area contributed by atoms with Crippen LogP contribution in [0.4, 0.5) is 0 Å². The summed E-state index contributed by atoms with van der Waals surface area (Å²) in [5.74, 6) is -0.260. The molecule has 0 heterocycles. The molecule has 0 aliphatic heterocycles. The maximum Gasteiger partial charge on any atom is 0.333 e. The van der Waals surface area contributed by atoms with E-state index in [1.165, 1.54) is 0 Å². The van der Waals surface area contributed by atoms with Crippen molar-refractivity contribution in [2.24, 2.45) is 0 Å². The van der Waals surface area contributed by atoms with Gasteiger partial charge in [0.1, 0.15) is 0 Å². The fourth-order valence-electron chi connectivity index (χ4n) is 2.29. The first-order chi connectivity index (χ1) is 10.1. The first-order valence-corrected chi connectivity index (χ1v) is 7.70. The molecule has 0 aromatic heterocycles. The van der Waals surface area contributed by atoms with Gasteiger partial charge in [-0.3, -0.25) is 5.32 Å². The van der Waals surface area contributed by atoms with Gasteiger partial charge in [-0.05, 0) is 39.2 Å². The van der Waals surface area contributed by atoms with Crippen molar-refractivity contribution >= 4 is 5.97 Å². The molecule has 0 spiro atoms. The average Bonchev–Trinajstić information content (AvgIpc) is 3.28. The Bertz CT molecular complexity index is 456. The van der Waals surface area contributed by atoms with E-state index < -0.39 is 5.54 Å². The summed E-state index contributed by atoms with van der Waals surface area (Å²) in [6.07, 6.45) is 2.24. The normalized spacial score (nSPS) is 17.5. The van der Waals surface area contributed by atoms with Crippen LogP contribution in [0.2, 0.25) is 0 Å². The van der Waals surface area contributed by atoms with Crippen LogP contribution >= 0.6 is 0 Å². The van der Waals surface area contributed by atoms with Crippen LogP contribution in [0.15, 0.2) is 30.3 Å². The summed E-state index contributed by atoms with van der Waals surface area (Å²) in [5, 5.41) is 3.46. The number of rotatable bonds is 8. The van der Waals surface area contributed by atoms with Crippen LogP contribution in [0, 0.1) is 0 Å². The van der Waals surface area contributed by atoms with Crippen LogP contribution in [-0.2, 0) is 19.8 Å². The molecule has 21 heavy (non-hydrogen) atoms. The van der Waals surface area contributed by atoms with Crippen LogP contribution in [0.3, 0.4) is 0 Å². The predicted molar refractivity (Wildman–Crippen MR) is 82.0 cm³/mol. The van der Waals surface area contributed by atoms with Crippen LogP contribution < -0.4 is 5.32 Å². The van der Waals surface area contributed by atoms with E-state index >= 15 is 0 Å². The maximum atomic E-state index is 12.7. The van der Waals surface area contributed by atoms with Crippen LogP contribution in [0.1, 0.15) is 39.2 Å². The Kier molecular flexibility index (Phi) is 5.37. The van der Waals surface area contributed by atoms with Crippen molar-refractivity contribution in [1.29, 1.82) is 0 Å².